The van der Waals surface area contributed by atoms with Gasteiger partial charge in [0.15, 0.2) is 0 Å². The lowest BCUT2D eigenvalue weighted by Crippen LogP contribution is -2.42. The second-order valence-corrected chi connectivity index (χ2v) is 2.96. The first kappa shape index (κ1) is 9.38. The smallest absolute Gasteiger partial charge is 0.310 e. The lowest BCUT2D eigenvalue weighted by Gasteiger charge is -2.17. The first-order valence-electron chi connectivity index (χ1n) is 3.70. The van der Waals surface area contributed by atoms with Gasteiger partial charge < -0.3 is 10.5 Å². The molecule has 0 aromatic rings. The van der Waals surface area contributed by atoms with E-state index < -0.39 is 23.9 Å². The number of hydrogen-bond donors (Lipinski definition) is 1. The summed E-state index contributed by atoms with van der Waals surface area (Å²) in [6, 6.07) is -1.38. The maximum Gasteiger partial charge on any atom is 0.310 e. The zero-order valence-electron chi connectivity index (χ0n) is 6.72. The molecule has 1 saturated carbocycles. The Morgan fingerprint density at radius 1 is 1.67 bits per heavy atom. The molecule has 3 nitrogen and oxygen atoms in total. The average molecular weight is 179 g/mol. The number of halogens is 2. The normalized spacial score (nSPS) is 33.3. The third-order valence-corrected chi connectivity index (χ3v) is 2.21. The Kier molecular flexibility index (Phi) is 2.32. The second-order valence-electron chi connectivity index (χ2n) is 2.96. The molecule has 12 heavy (non-hydrogen) atoms. The minimum atomic E-state index is -2.92. The first-order valence-corrected chi connectivity index (χ1v) is 3.70. The molecule has 0 radical (unpaired) electrons. The Bertz CT molecular complexity index is 196. The zero-order valence-corrected chi connectivity index (χ0v) is 6.72. The molecule has 0 bridgehead atoms. The monoisotopic (exact) mass is 179 g/mol. The maximum absolute atomic E-state index is 12.8. The van der Waals surface area contributed by atoms with Crippen LogP contribution in [-0.4, -0.2) is 25.0 Å². The molecule has 2 N–H and O–H groups in total. The molecule has 0 unspecified atom stereocenters. The van der Waals surface area contributed by atoms with Crippen LogP contribution < -0.4 is 5.73 Å². The summed E-state index contributed by atoms with van der Waals surface area (Å²) in [4.78, 5) is 10.9. The lowest BCUT2D eigenvalue weighted by molar-refractivity contribution is -0.147. The van der Waals surface area contributed by atoms with Crippen LogP contribution in [0.1, 0.15) is 12.8 Å². The molecule has 0 saturated heterocycles. The van der Waals surface area contributed by atoms with Crippen LogP contribution in [0.4, 0.5) is 8.78 Å². The number of rotatable bonds is 1. The fourth-order valence-electron chi connectivity index (χ4n) is 1.40. The van der Waals surface area contributed by atoms with Gasteiger partial charge in [-0.1, -0.05) is 0 Å². The molecule has 5 heteroatoms. The van der Waals surface area contributed by atoms with E-state index in [0.29, 0.717) is 0 Å². The molecule has 1 aliphatic rings. The van der Waals surface area contributed by atoms with Gasteiger partial charge in [0.2, 0.25) is 0 Å². The molecule has 70 valence electrons. The Hall–Kier alpha value is -0.710. The highest BCUT2D eigenvalue weighted by molar-refractivity contribution is 5.73. The fourth-order valence-corrected chi connectivity index (χ4v) is 1.40. The second kappa shape index (κ2) is 2.97. The largest absolute Gasteiger partial charge is 0.469 e. The summed E-state index contributed by atoms with van der Waals surface area (Å²) in [5.74, 6) is -4.40. The van der Waals surface area contributed by atoms with Crippen molar-refractivity contribution in [2.75, 3.05) is 7.11 Å². The van der Waals surface area contributed by atoms with Crippen LogP contribution >= 0.6 is 0 Å². The predicted octanol–water partition coefficient (Wildman–Crippen LogP) is 0.532. The highest BCUT2D eigenvalue weighted by Gasteiger charge is 2.51. The van der Waals surface area contributed by atoms with Gasteiger partial charge in [-0.3, -0.25) is 4.79 Å². The summed E-state index contributed by atoms with van der Waals surface area (Å²) >= 11 is 0. The maximum atomic E-state index is 12.8. The van der Waals surface area contributed by atoms with Crippen LogP contribution in [-0.2, 0) is 9.53 Å². The topological polar surface area (TPSA) is 52.3 Å². The minimum absolute atomic E-state index is 0.112. The van der Waals surface area contributed by atoms with Gasteiger partial charge >= 0.3 is 5.97 Å². The summed E-state index contributed by atoms with van der Waals surface area (Å²) < 4.78 is 29.8. The van der Waals surface area contributed by atoms with Gasteiger partial charge in [0.1, 0.15) is 0 Å². The number of carbonyl (C=O) groups excluding carboxylic acids is 1. The van der Waals surface area contributed by atoms with Crippen molar-refractivity contribution >= 4 is 5.97 Å². The molecule has 0 heterocycles. The average Bonchev–Trinajstić information content (AvgIpc) is 2.27. The third kappa shape index (κ3) is 1.41. The van der Waals surface area contributed by atoms with E-state index in [4.69, 9.17) is 5.73 Å². The van der Waals surface area contributed by atoms with Crippen LogP contribution in [0.15, 0.2) is 0 Å². The van der Waals surface area contributed by atoms with Gasteiger partial charge in [-0.25, -0.2) is 8.78 Å². The predicted molar refractivity (Wildman–Crippen MR) is 37.7 cm³/mol. The summed E-state index contributed by atoms with van der Waals surface area (Å²) in [5.41, 5.74) is 5.18. The van der Waals surface area contributed by atoms with Gasteiger partial charge in [0.25, 0.3) is 5.92 Å². The van der Waals surface area contributed by atoms with Crippen molar-refractivity contribution in [1.82, 2.24) is 0 Å². The number of carbonyl (C=O) groups is 1. The number of ether oxygens (including phenoxy) is 1. The Balaban J connectivity index is 2.67. The van der Waals surface area contributed by atoms with Gasteiger partial charge in [-0.2, -0.15) is 0 Å². The number of methoxy groups -OCH3 is 1. The Morgan fingerprint density at radius 3 is 2.58 bits per heavy atom. The number of esters is 1. The van der Waals surface area contributed by atoms with Crippen molar-refractivity contribution in [2.24, 2.45) is 11.7 Å². The molecule has 1 rings (SSSR count). The standard InChI is InChI=1S/C7H11F2NO2/c1-12-6(11)4-2-3-7(8,9)5(4)10/h4-5H,2-3,10H2,1H3/t4-,5-/m0/s1. The zero-order chi connectivity index (χ0) is 9.35. The Morgan fingerprint density at radius 2 is 2.25 bits per heavy atom. The highest BCUT2D eigenvalue weighted by Crippen LogP contribution is 2.38. The molecule has 2 atom stereocenters. The molecular weight excluding hydrogens is 168 g/mol. The SMILES string of the molecule is COC(=O)[C@H]1CCC(F)(F)[C@H]1N. The molecular formula is C7H11F2NO2. The van der Waals surface area contributed by atoms with E-state index >= 15 is 0 Å². The van der Waals surface area contributed by atoms with E-state index in [2.05, 4.69) is 4.74 Å². The quantitative estimate of drug-likeness (QED) is 0.597. The van der Waals surface area contributed by atoms with Crippen LogP contribution in [0.3, 0.4) is 0 Å². The van der Waals surface area contributed by atoms with Crippen molar-refractivity contribution in [3.05, 3.63) is 0 Å². The highest BCUT2D eigenvalue weighted by atomic mass is 19.3. The summed E-state index contributed by atoms with van der Waals surface area (Å²) in [6.07, 6.45) is -0.214. The van der Waals surface area contributed by atoms with Crippen LogP contribution in [0.25, 0.3) is 0 Å². The third-order valence-electron chi connectivity index (χ3n) is 2.21. The van der Waals surface area contributed by atoms with Crippen molar-refractivity contribution in [3.8, 4) is 0 Å². The number of nitrogens with two attached hydrogens (primary N) is 1. The van der Waals surface area contributed by atoms with Crippen LogP contribution in [0, 0.1) is 5.92 Å². The summed E-state index contributed by atoms with van der Waals surface area (Å²) in [5, 5.41) is 0. The van der Waals surface area contributed by atoms with E-state index in [1.54, 1.807) is 0 Å². The van der Waals surface area contributed by atoms with E-state index in [1.165, 1.54) is 7.11 Å². The van der Waals surface area contributed by atoms with Crippen molar-refractivity contribution in [1.29, 1.82) is 0 Å². The van der Waals surface area contributed by atoms with Gasteiger partial charge in [-0.05, 0) is 6.42 Å². The molecule has 0 aromatic carbocycles. The van der Waals surface area contributed by atoms with Gasteiger partial charge in [-0.15, -0.1) is 0 Å². The van der Waals surface area contributed by atoms with Crippen LogP contribution in [0.5, 0.6) is 0 Å². The van der Waals surface area contributed by atoms with E-state index in [0.717, 1.165) is 0 Å². The van der Waals surface area contributed by atoms with Gasteiger partial charge in [0, 0.05) is 6.42 Å². The number of hydrogen-bond acceptors (Lipinski definition) is 3. The van der Waals surface area contributed by atoms with Crippen LogP contribution in [0.2, 0.25) is 0 Å². The molecule has 0 aromatic heterocycles. The van der Waals surface area contributed by atoms with Crippen molar-refractivity contribution < 1.29 is 18.3 Å². The molecule has 1 aliphatic carbocycles. The first-order chi connectivity index (χ1) is 5.49. The summed E-state index contributed by atoms with van der Waals surface area (Å²) in [6.45, 7) is 0. The van der Waals surface area contributed by atoms with E-state index in [9.17, 15) is 13.6 Å². The van der Waals surface area contributed by atoms with E-state index in [-0.39, 0.29) is 12.8 Å². The summed E-state index contributed by atoms with van der Waals surface area (Å²) in [7, 11) is 1.17. The molecule has 0 amide bonds. The van der Waals surface area contributed by atoms with Crippen molar-refractivity contribution in [3.63, 3.8) is 0 Å². The lowest BCUT2D eigenvalue weighted by atomic mass is 10.0. The Labute approximate surface area is 68.9 Å². The molecule has 1 fully saturated rings. The minimum Gasteiger partial charge on any atom is -0.469 e. The van der Waals surface area contributed by atoms with E-state index in [1.807, 2.05) is 0 Å². The fraction of sp³-hybridized carbons (Fsp3) is 0.857. The van der Waals surface area contributed by atoms with Crippen molar-refractivity contribution in [2.45, 2.75) is 24.8 Å². The molecule has 0 spiro atoms. The molecule has 0 aliphatic heterocycles. The number of alkyl halides is 2. The van der Waals surface area contributed by atoms with Gasteiger partial charge in [0.05, 0.1) is 19.1 Å².